The second-order valence-corrected chi connectivity index (χ2v) is 3.51. The van der Waals surface area contributed by atoms with Gasteiger partial charge in [-0.15, -0.1) is 0 Å². The molecule has 0 aliphatic carbocycles. The van der Waals surface area contributed by atoms with E-state index in [1.807, 2.05) is 0 Å². The van der Waals surface area contributed by atoms with E-state index in [0.29, 0.717) is 0 Å². The van der Waals surface area contributed by atoms with Crippen LogP contribution in [0.4, 0.5) is 5.69 Å². The molecule has 0 aromatic heterocycles. The highest BCUT2D eigenvalue weighted by Crippen LogP contribution is 2.32. The van der Waals surface area contributed by atoms with Gasteiger partial charge in [-0.3, -0.25) is 15.5 Å². The Hall–Kier alpha value is -2.42. The molecule has 1 rings (SSSR count). The Bertz CT molecular complexity index is 518. The number of phenols is 1. The highest BCUT2D eigenvalue weighted by molar-refractivity contribution is 7.80. The summed E-state index contributed by atoms with van der Waals surface area (Å²) in [5.41, 5.74) is 7.23. The predicted octanol–water partition coefficient (Wildman–Crippen LogP) is 0.476. The molecule has 0 saturated heterocycles. The second-order valence-electron chi connectivity index (χ2n) is 3.07. The van der Waals surface area contributed by atoms with Crippen LogP contribution in [0, 0.1) is 10.1 Å². The van der Waals surface area contributed by atoms with Crippen molar-refractivity contribution in [3.05, 3.63) is 27.8 Å². The van der Waals surface area contributed by atoms with Gasteiger partial charge in [-0.1, -0.05) is 0 Å². The molecule has 1 aromatic rings. The smallest absolute Gasteiger partial charge is 0.282 e. The third-order valence-corrected chi connectivity index (χ3v) is 1.99. The van der Waals surface area contributed by atoms with Gasteiger partial charge >= 0.3 is 0 Å². The van der Waals surface area contributed by atoms with E-state index in [-0.39, 0.29) is 27.9 Å². The van der Waals surface area contributed by atoms with E-state index in [1.54, 1.807) is 0 Å². The normalized spacial score (nSPS) is 10.3. The Labute approximate surface area is 107 Å². The summed E-state index contributed by atoms with van der Waals surface area (Å²) < 4.78 is 4.84. The highest BCUT2D eigenvalue weighted by Gasteiger charge is 2.17. The van der Waals surface area contributed by atoms with Crippen molar-refractivity contribution < 1.29 is 14.8 Å². The molecular formula is C9H10N4O4S. The van der Waals surface area contributed by atoms with E-state index in [4.69, 9.17) is 10.5 Å². The summed E-state index contributed by atoms with van der Waals surface area (Å²) >= 11 is 4.52. The van der Waals surface area contributed by atoms with Crippen LogP contribution in [0.5, 0.6) is 11.5 Å². The monoisotopic (exact) mass is 270 g/mol. The fourth-order valence-corrected chi connectivity index (χ4v) is 1.22. The van der Waals surface area contributed by atoms with Crippen molar-refractivity contribution in [3.63, 3.8) is 0 Å². The van der Waals surface area contributed by atoms with Crippen molar-refractivity contribution in [2.45, 2.75) is 0 Å². The second kappa shape index (κ2) is 5.77. The lowest BCUT2D eigenvalue weighted by molar-refractivity contribution is -0.385. The number of rotatable bonds is 4. The maximum atomic E-state index is 10.8. The van der Waals surface area contributed by atoms with Crippen LogP contribution in [0.25, 0.3) is 0 Å². The molecule has 96 valence electrons. The lowest BCUT2D eigenvalue weighted by Gasteiger charge is -2.05. The van der Waals surface area contributed by atoms with Gasteiger partial charge in [-0.2, -0.15) is 5.10 Å². The molecule has 9 heteroatoms. The van der Waals surface area contributed by atoms with Crippen LogP contribution < -0.4 is 15.9 Å². The first-order valence-corrected chi connectivity index (χ1v) is 5.00. The zero-order valence-corrected chi connectivity index (χ0v) is 10.1. The summed E-state index contributed by atoms with van der Waals surface area (Å²) in [6, 6.07) is 2.25. The van der Waals surface area contributed by atoms with Gasteiger partial charge in [-0.05, 0) is 18.3 Å². The lowest BCUT2D eigenvalue weighted by Crippen LogP contribution is -2.24. The van der Waals surface area contributed by atoms with E-state index in [1.165, 1.54) is 13.2 Å². The molecule has 0 radical (unpaired) electrons. The Morgan fingerprint density at radius 2 is 2.39 bits per heavy atom. The number of aromatic hydroxyl groups is 1. The number of ether oxygens (including phenoxy) is 1. The van der Waals surface area contributed by atoms with E-state index >= 15 is 0 Å². The third-order valence-electron chi connectivity index (χ3n) is 1.90. The minimum absolute atomic E-state index is 0.0698. The first kappa shape index (κ1) is 13.6. The van der Waals surface area contributed by atoms with Crippen LogP contribution in [0.15, 0.2) is 17.2 Å². The van der Waals surface area contributed by atoms with Gasteiger partial charge in [0.15, 0.2) is 16.6 Å². The number of nitrogens with two attached hydrogens (primary N) is 1. The molecule has 0 amide bonds. The Morgan fingerprint density at radius 1 is 1.72 bits per heavy atom. The molecule has 0 atom stereocenters. The number of hydrogen-bond donors (Lipinski definition) is 3. The van der Waals surface area contributed by atoms with Crippen LogP contribution in [-0.2, 0) is 0 Å². The summed E-state index contributed by atoms with van der Waals surface area (Å²) in [4.78, 5) is 10.1. The number of phenolic OH excluding ortho intramolecular Hbond substituents is 1. The Morgan fingerprint density at radius 3 is 2.89 bits per heavy atom. The molecule has 1 aromatic carbocycles. The van der Waals surface area contributed by atoms with Gasteiger partial charge in [0.1, 0.15) is 0 Å². The van der Waals surface area contributed by atoms with Gasteiger partial charge in [0.25, 0.3) is 5.69 Å². The molecule has 0 unspecified atom stereocenters. The molecule has 0 aliphatic heterocycles. The first-order valence-electron chi connectivity index (χ1n) is 4.59. The molecule has 0 aliphatic rings. The van der Waals surface area contributed by atoms with E-state index in [9.17, 15) is 15.2 Å². The largest absolute Gasteiger partial charge is 0.504 e. The summed E-state index contributed by atoms with van der Waals surface area (Å²) in [5.74, 6) is -0.235. The number of benzene rings is 1. The number of methoxy groups -OCH3 is 1. The lowest BCUT2D eigenvalue weighted by atomic mass is 10.1. The van der Waals surface area contributed by atoms with Crippen molar-refractivity contribution in [1.82, 2.24) is 5.43 Å². The third kappa shape index (κ3) is 3.28. The standard InChI is InChI=1S/C9H10N4O4S/c1-17-8-2-5(4-11-12-9(10)18)6(13(15)16)3-7(8)14/h2-4,14H,1H3,(H3,10,12,18)/b11-4-. The molecule has 8 nitrogen and oxygen atoms in total. The van der Waals surface area contributed by atoms with Gasteiger partial charge in [0.2, 0.25) is 0 Å². The number of nitrogens with one attached hydrogen (secondary N) is 1. The minimum Gasteiger partial charge on any atom is -0.504 e. The zero-order valence-electron chi connectivity index (χ0n) is 9.28. The quantitative estimate of drug-likeness (QED) is 0.314. The van der Waals surface area contributed by atoms with Crippen molar-refractivity contribution >= 4 is 29.2 Å². The van der Waals surface area contributed by atoms with Crippen LogP contribution in [0.2, 0.25) is 0 Å². The molecule has 0 fully saturated rings. The number of hydrogen-bond acceptors (Lipinski definition) is 6. The van der Waals surface area contributed by atoms with Crippen LogP contribution in [0.1, 0.15) is 5.56 Å². The minimum atomic E-state index is -0.652. The number of nitro groups is 1. The molecule has 0 spiro atoms. The number of nitro benzene ring substituents is 1. The maximum Gasteiger partial charge on any atom is 0.282 e. The van der Waals surface area contributed by atoms with Crippen molar-refractivity contribution in [3.8, 4) is 11.5 Å². The first-order chi connectivity index (χ1) is 8.45. The van der Waals surface area contributed by atoms with E-state index < -0.39 is 4.92 Å². The predicted molar refractivity (Wildman–Crippen MR) is 68.8 cm³/mol. The van der Waals surface area contributed by atoms with E-state index in [0.717, 1.165) is 12.3 Å². The molecule has 0 heterocycles. The van der Waals surface area contributed by atoms with Gasteiger partial charge in [0, 0.05) is 0 Å². The molecular weight excluding hydrogens is 260 g/mol. The van der Waals surface area contributed by atoms with Crippen molar-refractivity contribution in [2.24, 2.45) is 10.8 Å². The fraction of sp³-hybridized carbons (Fsp3) is 0.111. The van der Waals surface area contributed by atoms with Crippen LogP contribution in [0.3, 0.4) is 0 Å². The Balaban J connectivity index is 3.18. The SMILES string of the molecule is COc1cc(/C=N\NC(N)=S)c([N+](=O)[O-])cc1O. The van der Waals surface area contributed by atoms with Crippen LogP contribution >= 0.6 is 12.2 Å². The zero-order chi connectivity index (χ0) is 13.7. The van der Waals surface area contributed by atoms with Crippen molar-refractivity contribution in [1.29, 1.82) is 0 Å². The van der Waals surface area contributed by atoms with Crippen molar-refractivity contribution in [2.75, 3.05) is 7.11 Å². The maximum absolute atomic E-state index is 10.8. The highest BCUT2D eigenvalue weighted by atomic mass is 32.1. The number of nitrogens with zero attached hydrogens (tertiary/aromatic N) is 2. The molecule has 4 N–H and O–H groups in total. The topological polar surface area (TPSA) is 123 Å². The number of thiocarbonyl (C=S) groups is 1. The average Bonchev–Trinajstić information content (AvgIpc) is 2.29. The Kier molecular flexibility index (Phi) is 4.38. The molecule has 18 heavy (non-hydrogen) atoms. The fourth-order valence-electron chi connectivity index (χ4n) is 1.16. The number of hydrazone groups is 1. The summed E-state index contributed by atoms with van der Waals surface area (Å²) in [6.45, 7) is 0. The van der Waals surface area contributed by atoms with Crippen LogP contribution in [-0.4, -0.2) is 28.5 Å². The summed E-state index contributed by atoms with van der Waals surface area (Å²) in [5, 5.41) is 23.8. The van der Waals surface area contributed by atoms with Gasteiger partial charge < -0.3 is 15.6 Å². The average molecular weight is 270 g/mol. The van der Waals surface area contributed by atoms with E-state index in [2.05, 4.69) is 22.7 Å². The molecule has 0 bridgehead atoms. The van der Waals surface area contributed by atoms with Gasteiger partial charge in [-0.25, -0.2) is 0 Å². The molecule has 0 saturated carbocycles. The van der Waals surface area contributed by atoms with Gasteiger partial charge in [0.05, 0.1) is 29.9 Å². The summed E-state index contributed by atoms with van der Waals surface area (Å²) in [6.07, 6.45) is 1.15. The summed E-state index contributed by atoms with van der Waals surface area (Å²) in [7, 11) is 1.33.